The molecular weight excluding hydrogens is 262 g/mol. The lowest BCUT2D eigenvalue weighted by atomic mass is 10.6. The Morgan fingerprint density at radius 1 is 1.47 bits per heavy atom. The molecule has 2 aromatic heterocycles. The van der Waals surface area contributed by atoms with Gasteiger partial charge in [-0.25, -0.2) is 19.6 Å². The monoisotopic (exact) mass is 271 g/mol. The quantitative estimate of drug-likeness (QED) is 0.786. The first-order valence-electron chi connectivity index (χ1n) is 4.73. The van der Waals surface area contributed by atoms with Crippen LogP contribution in [0.1, 0.15) is 5.82 Å². The van der Waals surface area contributed by atoms with Gasteiger partial charge in [-0.3, -0.25) is 0 Å². The summed E-state index contributed by atoms with van der Waals surface area (Å²) in [6.07, 6.45) is 1.49. The summed E-state index contributed by atoms with van der Waals surface area (Å²) >= 11 is 7.28. The topological polar surface area (TPSA) is 65.7 Å². The van der Waals surface area contributed by atoms with E-state index in [2.05, 4.69) is 20.1 Å². The lowest BCUT2D eigenvalue weighted by molar-refractivity contribution is 0.177. The van der Waals surface area contributed by atoms with Gasteiger partial charge in [0.2, 0.25) is 0 Å². The van der Waals surface area contributed by atoms with Crippen LogP contribution in [0.3, 0.4) is 0 Å². The van der Waals surface area contributed by atoms with Crippen molar-refractivity contribution in [3.05, 3.63) is 23.4 Å². The Morgan fingerprint density at radius 3 is 2.94 bits per heavy atom. The Balaban J connectivity index is 2.23. The lowest BCUT2D eigenvalue weighted by Crippen LogP contribution is -1.99. The Labute approximate surface area is 107 Å². The summed E-state index contributed by atoms with van der Waals surface area (Å²) in [6.45, 7) is 0.326. The van der Waals surface area contributed by atoms with Crippen molar-refractivity contribution in [2.45, 2.75) is 16.8 Å². The number of nitrogens with zero attached hydrogens (tertiary/aromatic N) is 5. The van der Waals surface area contributed by atoms with Crippen molar-refractivity contribution in [1.29, 1.82) is 0 Å². The predicted molar refractivity (Wildman–Crippen MR) is 62.9 cm³/mol. The number of methoxy groups -OCH3 is 1. The minimum absolute atomic E-state index is 0.326. The van der Waals surface area contributed by atoms with E-state index in [1.54, 1.807) is 17.9 Å². The minimum Gasteiger partial charge on any atom is -0.377 e. The molecule has 0 aliphatic rings. The van der Waals surface area contributed by atoms with Crippen molar-refractivity contribution < 1.29 is 4.74 Å². The van der Waals surface area contributed by atoms with Crippen LogP contribution in [0.5, 0.6) is 0 Å². The van der Waals surface area contributed by atoms with E-state index >= 15 is 0 Å². The van der Waals surface area contributed by atoms with Gasteiger partial charge in [-0.2, -0.15) is 5.10 Å². The number of rotatable bonds is 4. The molecule has 0 N–H and O–H groups in total. The zero-order valence-corrected chi connectivity index (χ0v) is 10.9. The van der Waals surface area contributed by atoms with Crippen LogP contribution in [0.15, 0.2) is 22.6 Å². The summed E-state index contributed by atoms with van der Waals surface area (Å²) in [5.74, 6) is 0.546. The van der Waals surface area contributed by atoms with Gasteiger partial charge in [-0.15, -0.1) is 0 Å². The van der Waals surface area contributed by atoms with Crippen LogP contribution in [0.2, 0.25) is 5.15 Å². The molecule has 0 bridgehead atoms. The summed E-state index contributed by atoms with van der Waals surface area (Å²) in [5.41, 5.74) is 0. The molecule has 0 aromatic carbocycles. The molecule has 0 aliphatic heterocycles. The summed E-state index contributed by atoms with van der Waals surface area (Å²) in [5, 5.41) is 5.82. The molecule has 6 nitrogen and oxygen atoms in total. The maximum atomic E-state index is 5.90. The summed E-state index contributed by atoms with van der Waals surface area (Å²) in [6, 6.07) is 1.68. The van der Waals surface area contributed by atoms with Gasteiger partial charge < -0.3 is 4.74 Å². The molecule has 90 valence electrons. The standard InChI is InChI=1S/C9H10ClN5OS/c1-15-9(11-5-12-15)17-8-3-6(10)13-7(14-8)4-16-2/h3,5H,4H2,1-2H3. The van der Waals surface area contributed by atoms with Gasteiger partial charge in [0.05, 0.1) is 0 Å². The average molecular weight is 272 g/mol. The van der Waals surface area contributed by atoms with Crippen LogP contribution in [0, 0.1) is 0 Å². The van der Waals surface area contributed by atoms with E-state index in [4.69, 9.17) is 16.3 Å². The number of halogens is 1. The zero-order valence-electron chi connectivity index (χ0n) is 9.29. The number of aromatic nitrogens is 5. The first-order valence-corrected chi connectivity index (χ1v) is 5.92. The molecule has 2 heterocycles. The smallest absolute Gasteiger partial charge is 0.192 e. The highest BCUT2D eigenvalue weighted by Crippen LogP contribution is 2.25. The lowest BCUT2D eigenvalue weighted by Gasteiger charge is -2.03. The number of aryl methyl sites for hydroxylation is 1. The van der Waals surface area contributed by atoms with Crippen molar-refractivity contribution in [2.24, 2.45) is 7.05 Å². The second-order valence-electron chi connectivity index (χ2n) is 3.15. The van der Waals surface area contributed by atoms with E-state index in [1.807, 2.05) is 7.05 Å². The van der Waals surface area contributed by atoms with Crippen LogP contribution in [-0.4, -0.2) is 31.8 Å². The van der Waals surface area contributed by atoms with Gasteiger partial charge in [0.1, 0.15) is 23.1 Å². The van der Waals surface area contributed by atoms with E-state index < -0.39 is 0 Å². The first-order chi connectivity index (χ1) is 8.19. The molecule has 2 aromatic rings. The molecular formula is C9H10ClN5OS. The van der Waals surface area contributed by atoms with Crippen LogP contribution in [0.4, 0.5) is 0 Å². The summed E-state index contributed by atoms with van der Waals surface area (Å²) in [4.78, 5) is 12.4. The summed E-state index contributed by atoms with van der Waals surface area (Å²) in [7, 11) is 3.40. The van der Waals surface area contributed by atoms with Crippen molar-refractivity contribution in [3.8, 4) is 0 Å². The van der Waals surface area contributed by atoms with Crippen LogP contribution in [-0.2, 0) is 18.4 Å². The molecule has 0 radical (unpaired) electrons. The Bertz CT molecular complexity index is 518. The van der Waals surface area contributed by atoms with E-state index in [1.165, 1.54) is 18.1 Å². The van der Waals surface area contributed by atoms with E-state index in [0.29, 0.717) is 22.6 Å². The van der Waals surface area contributed by atoms with Crippen molar-refractivity contribution in [3.63, 3.8) is 0 Å². The Hall–Kier alpha value is -1.18. The Morgan fingerprint density at radius 2 is 2.29 bits per heavy atom. The fraction of sp³-hybridized carbons (Fsp3) is 0.333. The predicted octanol–water partition coefficient (Wildman–Crippen LogP) is 1.56. The third-order valence-electron chi connectivity index (χ3n) is 1.86. The molecule has 0 spiro atoms. The molecule has 0 amide bonds. The maximum Gasteiger partial charge on any atom is 0.192 e. The molecule has 0 fully saturated rings. The van der Waals surface area contributed by atoms with Crippen molar-refractivity contribution >= 4 is 23.4 Å². The van der Waals surface area contributed by atoms with Crippen LogP contribution in [0.25, 0.3) is 0 Å². The molecule has 2 rings (SSSR count). The fourth-order valence-corrected chi connectivity index (χ4v) is 2.21. The van der Waals surface area contributed by atoms with Crippen LogP contribution >= 0.6 is 23.4 Å². The SMILES string of the molecule is COCc1nc(Cl)cc(Sc2ncnn2C)n1. The van der Waals surface area contributed by atoms with E-state index in [-0.39, 0.29) is 0 Å². The number of ether oxygens (including phenoxy) is 1. The number of hydrogen-bond acceptors (Lipinski definition) is 6. The largest absolute Gasteiger partial charge is 0.377 e. The molecule has 17 heavy (non-hydrogen) atoms. The highest BCUT2D eigenvalue weighted by molar-refractivity contribution is 7.99. The maximum absolute atomic E-state index is 5.90. The fourth-order valence-electron chi connectivity index (χ4n) is 1.16. The first kappa shape index (κ1) is 12.3. The molecule has 0 aliphatic carbocycles. The highest BCUT2D eigenvalue weighted by Gasteiger charge is 2.08. The average Bonchev–Trinajstić information content (AvgIpc) is 2.64. The third kappa shape index (κ3) is 3.15. The molecule has 8 heteroatoms. The second-order valence-corrected chi connectivity index (χ2v) is 4.52. The second kappa shape index (κ2) is 5.44. The molecule has 0 atom stereocenters. The van der Waals surface area contributed by atoms with Crippen molar-refractivity contribution in [1.82, 2.24) is 24.7 Å². The van der Waals surface area contributed by atoms with E-state index in [0.717, 1.165) is 5.16 Å². The van der Waals surface area contributed by atoms with Gasteiger partial charge >= 0.3 is 0 Å². The van der Waals surface area contributed by atoms with E-state index in [9.17, 15) is 0 Å². The number of hydrogen-bond donors (Lipinski definition) is 0. The molecule has 0 unspecified atom stereocenters. The molecule has 0 saturated carbocycles. The van der Waals surface area contributed by atoms with Crippen LogP contribution < -0.4 is 0 Å². The zero-order chi connectivity index (χ0) is 12.3. The highest BCUT2D eigenvalue weighted by atomic mass is 35.5. The normalized spacial score (nSPS) is 10.8. The van der Waals surface area contributed by atoms with Gasteiger partial charge in [-0.05, 0) is 11.8 Å². The van der Waals surface area contributed by atoms with Crippen molar-refractivity contribution in [2.75, 3.05) is 7.11 Å². The van der Waals surface area contributed by atoms with Gasteiger partial charge in [0.25, 0.3) is 0 Å². The van der Waals surface area contributed by atoms with Gasteiger partial charge in [-0.1, -0.05) is 11.6 Å². The minimum atomic E-state index is 0.326. The Kier molecular flexibility index (Phi) is 3.93. The van der Waals surface area contributed by atoms with Gasteiger partial charge in [0.15, 0.2) is 11.0 Å². The third-order valence-corrected chi connectivity index (χ3v) is 3.02. The summed E-state index contributed by atoms with van der Waals surface area (Å²) < 4.78 is 6.63. The molecule has 0 saturated heterocycles. The van der Waals surface area contributed by atoms with Gasteiger partial charge in [0, 0.05) is 20.2 Å².